The monoisotopic (exact) mass is 761 g/mol. The number of nitrogens with two attached hydrogens (primary N) is 1. The summed E-state index contributed by atoms with van der Waals surface area (Å²) in [5, 5.41) is 11.9. The fourth-order valence-electron chi connectivity index (χ4n) is 7.01. The van der Waals surface area contributed by atoms with Crippen LogP contribution >= 0.6 is 0 Å². The molecule has 0 aliphatic carbocycles. The normalized spacial score (nSPS) is 12.8. The zero-order valence-corrected chi connectivity index (χ0v) is 35.6. The Labute approximate surface area is 333 Å². The number of esters is 1. The van der Waals surface area contributed by atoms with Gasteiger partial charge in [-0.25, -0.2) is 4.79 Å². The average Bonchev–Trinajstić information content (AvgIpc) is 3.16. The lowest BCUT2D eigenvalue weighted by Gasteiger charge is -2.18. The molecule has 0 aromatic carbocycles. The Morgan fingerprint density at radius 1 is 0.537 bits per heavy atom. The van der Waals surface area contributed by atoms with Gasteiger partial charge in [0.2, 0.25) is 5.91 Å². The number of carbonyl (C=O) groups excluding carboxylic acids is 2. The van der Waals surface area contributed by atoms with Gasteiger partial charge in [0.25, 0.3) is 0 Å². The van der Waals surface area contributed by atoms with Gasteiger partial charge < -0.3 is 20.9 Å². The Morgan fingerprint density at radius 3 is 1.44 bits per heavy atom. The van der Waals surface area contributed by atoms with Crippen molar-refractivity contribution in [1.29, 1.82) is 0 Å². The third kappa shape index (κ3) is 38.1. The lowest BCUT2D eigenvalue weighted by Crippen LogP contribution is -2.40. The van der Waals surface area contributed by atoms with Crippen molar-refractivity contribution >= 4 is 17.8 Å². The maximum Gasteiger partial charge on any atom is 0.326 e. The minimum atomic E-state index is -1.00. The van der Waals surface area contributed by atoms with Crippen molar-refractivity contribution in [2.75, 3.05) is 6.54 Å². The lowest BCUT2D eigenvalue weighted by molar-refractivity contribution is -0.150. The third-order valence-electron chi connectivity index (χ3n) is 10.5. The predicted molar refractivity (Wildman–Crippen MR) is 230 cm³/mol. The molecule has 0 saturated carbocycles. The summed E-state index contributed by atoms with van der Waals surface area (Å²) in [6.45, 7) is 4.94. The number of ether oxygens (including phenoxy) is 1. The minimum absolute atomic E-state index is 0.00978. The van der Waals surface area contributed by atoms with Gasteiger partial charge in [-0.15, -0.1) is 0 Å². The summed E-state index contributed by atoms with van der Waals surface area (Å²) in [5.41, 5.74) is 5.49. The van der Waals surface area contributed by atoms with Gasteiger partial charge in [0.05, 0.1) is 0 Å². The first-order valence-corrected chi connectivity index (χ1v) is 23.2. The molecule has 54 heavy (non-hydrogen) atoms. The van der Waals surface area contributed by atoms with E-state index in [1.807, 2.05) is 0 Å². The molecule has 0 bridgehead atoms. The van der Waals surface area contributed by atoms with Crippen LogP contribution in [0.2, 0.25) is 0 Å². The lowest BCUT2D eigenvalue weighted by atomic mass is 10.0. The largest absolute Gasteiger partial charge is 0.480 e. The number of amides is 1. The van der Waals surface area contributed by atoms with E-state index in [1.165, 1.54) is 122 Å². The molecule has 0 aliphatic heterocycles. The average molecular weight is 761 g/mol. The van der Waals surface area contributed by atoms with E-state index in [2.05, 4.69) is 43.5 Å². The molecule has 0 aromatic rings. The Balaban J connectivity index is 4.31. The molecule has 0 aliphatic rings. The molecule has 0 aromatic heterocycles. The van der Waals surface area contributed by atoms with E-state index >= 15 is 0 Å². The molecular weight excluding hydrogens is 673 g/mol. The summed E-state index contributed by atoms with van der Waals surface area (Å²) >= 11 is 0. The molecule has 0 radical (unpaired) electrons. The van der Waals surface area contributed by atoms with Crippen LogP contribution in [-0.2, 0) is 19.1 Å². The number of nitrogens with one attached hydrogen (secondary N) is 1. The molecule has 316 valence electrons. The first-order valence-electron chi connectivity index (χ1n) is 23.2. The molecule has 7 nitrogen and oxygen atoms in total. The maximum absolute atomic E-state index is 12.8. The number of allylic oxidation sites excluding steroid dienone is 4. The van der Waals surface area contributed by atoms with Crippen molar-refractivity contribution in [3.05, 3.63) is 24.3 Å². The molecule has 7 heteroatoms. The van der Waals surface area contributed by atoms with Gasteiger partial charge >= 0.3 is 11.9 Å². The van der Waals surface area contributed by atoms with Crippen molar-refractivity contribution in [3.63, 3.8) is 0 Å². The van der Waals surface area contributed by atoms with Crippen molar-refractivity contribution in [1.82, 2.24) is 5.32 Å². The highest BCUT2D eigenvalue weighted by atomic mass is 16.5. The summed E-state index contributed by atoms with van der Waals surface area (Å²) in [4.78, 5) is 36.4. The number of hydrogen-bond donors (Lipinski definition) is 3. The number of carboxylic acids is 1. The van der Waals surface area contributed by atoms with Crippen LogP contribution in [0.25, 0.3) is 0 Å². The van der Waals surface area contributed by atoms with Gasteiger partial charge in [-0.3, -0.25) is 9.59 Å². The Kier molecular flexibility index (Phi) is 40.3. The van der Waals surface area contributed by atoms with E-state index in [4.69, 9.17) is 10.5 Å². The Hall–Kier alpha value is -2.15. The zero-order valence-electron chi connectivity index (χ0n) is 35.6. The van der Waals surface area contributed by atoms with Gasteiger partial charge in [-0.1, -0.05) is 167 Å². The number of aliphatic carboxylic acids is 1. The minimum Gasteiger partial charge on any atom is -0.480 e. The molecule has 1 amide bonds. The van der Waals surface area contributed by atoms with Crippen LogP contribution in [-0.4, -0.2) is 41.6 Å². The summed E-state index contributed by atoms with van der Waals surface area (Å²) < 4.78 is 6.06. The van der Waals surface area contributed by atoms with Crippen molar-refractivity contribution in [2.45, 2.75) is 251 Å². The summed E-state index contributed by atoms with van der Waals surface area (Å²) in [6.07, 6.45) is 47.9. The second-order valence-electron chi connectivity index (χ2n) is 15.8. The van der Waals surface area contributed by atoms with E-state index in [1.54, 1.807) is 0 Å². The molecular formula is C47H88N2O5. The number of carbonyl (C=O) groups is 3. The highest BCUT2D eigenvalue weighted by Gasteiger charge is 2.19. The van der Waals surface area contributed by atoms with E-state index in [0.29, 0.717) is 32.2 Å². The Bertz CT molecular complexity index is 905. The summed E-state index contributed by atoms with van der Waals surface area (Å²) in [5.74, 6) is -1.23. The van der Waals surface area contributed by atoms with E-state index < -0.39 is 12.0 Å². The predicted octanol–water partition coefficient (Wildman–Crippen LogP) is 13.2. The van der Waals surface area contributed by atoms with Gasteiger partial charge in [0, 0.05) is 12.8 Å². The first kappa shape index (κ1) is 51.9. The van der Waals surface area contributed by atoms with Crippen molar-refractivity contribution in [3.8, 4) is 0 Å². The molecule has 4 N–H and O–H groups in total. The zero-order chi connectivity index (χ0) is 39.6. The van der Waals surface area contributed by atoms with Crippen LogP contribution in [0.1, 0.15) is 239 Å². The second-order valence-corrected chi connectivity index (χ2v) is 15.8. The second kappa shape index (κ2) is 42.0. The van der Waals surface area contributed by atoms with E-state index in [9.17, 15) is 19.5 Å². The van der Waals surface area contributed by atoms with Crippen LogP contribution in [0.4, 0.5) is 0 Å². The number of unbranched alkanes of at least 4 members (excludes halogenated alkanes) is 24. The van der Waals surface area contributed by atoms with Crippen LogP contribution < -0.4 is 11.1 Å². The molecule has 0 spiro atoms. The topological polar surface area (TPSA) is 119 Å². The molecule has 0 heterocycles. The maximum atomic E-state index is 12.8. The molecule has 2 atom stereocenters. The molecule has 0 saturated heterocycles. The highest BCUT2D eigenvalue weighted by Crippen LogP contribution is 2.19. The Morgan fingerprint density at radius 2 is 0.963 bits per heavy atom. The number of hydrogen-bond acceptors (Lipinski definition) is 5. The van der Waals surface area contributed by atoms with Gasteiger partial charge in [-0.05, 0) is 90.0 Å². The van der Waals surface area contributed by atoms with Crippen molar-refractivity contribution in [2.24, 2.45) is 5.73 Å². The smallest absolute Gasteiger partial charge is 0.326 e. The summed E-state index contributed by atoms with van der Waals surface area (Å²) in [7, 11) is 0. The number of rotatable bonds is 42. The van der Waals surface area contributed by atoms with Gasteiger partial charge in [0.1, 0.15) is 12.1 Å². The fourth-order valence-corrected chi connectivity index (χ4v) is 7.01. The standard InChI is InChI=1S/C47H88N2O5/c1-3-5-7-9-11-13-15-17-18-19-20-22-24-26-31-35-41-46(51)54-43(37-32-28-25-23-21-16-14-12-10-8-6-4-2)38-33-29-27-30-34-40-45(50)49-44(47(52)53)39-36-42-48/h13,15,18-19,43-44H,3-12,14,16-17,20-42,48H2,1-2H3,(H,49,50)(H,52,53)/b15-13-,19-18-. The third-order valence-corrected chi connectivity index (χ3v) is 10.5. The van der Waals surface area contributed by atoms with Crippen LogP contribution in [0, 0.1) is 0 Å². The molecule has 2 unspecified atom stereocenters. The van der Waals surface area contributed by atoms with Crippen LogP contribution in [0.15, 0.2) is 24.3 Å². The van der Waals surface area contributed by atoms with E-state index in [-0.39, 0.29) is 18.0 Å². The summed E-state index contributed by atoms with van der Waals surface area (Å²) in [6, 6.07) is -0.856. The highest BCUT2D eigenvalue weighted by molar-refractivity contribution is 5.83. The molecule has 0 rings (SSSR count). The number of carboxylic acid groups (broad SMARTS) is 1. The quantitative estimate of drug-likeness (QED) is 0.0324. The van der Waals surface area contributed by atoms with E-state index in [0.717, 1.165) is 77.0 Å². The SMILES string of the molecule is CCCCCC/C=C\C/C=C\CCCCCCCC(=O)OC(CCCCCCCCCCCCCC)CCCCCCCC(=O)NC(CCCN)C(=O)O. The van der Waals surface area contributed by atoms with Gasteiger partial charge in [-0.2, -0.15) is 0 Å². The van der Waals surface area contributed by atoms with Crippen LogP contribution in [0.5, 0.6) is 0 Å². The van der Waals surface area contributed by atoms with Gasteiger partial charge in [0.15, 0.2) is 0 Å². The van der Waals surface area contributed by atoms with Crippen molar-refractivity contribution < 1.29 is 24.2 Å². The van der Waals surface area contributed by atoms with Crippen LogP contribution in [0.3, 0.4) is 0 Å². The first-order chi connectivity index (χ1) is 26.4. The fraction of sp³-hybridized carbons (Fsp3) is 0.851. The molecule has 0 fully saturated rings.